The molecular weight excluding hydrogens is 152 g/mol. The second-order valence-electron chi connectivity index (χ2n) is 3.72. The average molecular weight is 174 g/mol. The van der Waals surface area contributed by atoms with E-state index in [1.165, 1.54) is 0 Å². The van der Waals surface area contributed by atoms with Gasteiger partial charge < -0.3 is 10.2 Å². The van der Waals surface area contributed by atoms with Crippen molar-refractivity contribution >= 4 is 0 Å². The molecule has 0 aromatic carbocycles. The van der Waals surface area contributed by atoms with Crippen molar-refractivity contribution in [2.45, 2.75) is 64.6 Å². The zero-order chi connectivity index (χ0) is 9.61. The highest BCUT2D eigenvalue weighted by Crippen LogP contribution is 2.18. The maximum atomic E-state index is 9.64. The van der Waals surface area contributed by atoms with Crippen molar-refractivity contribution in [3.05, 3.63) is 0 Å². The van der Waals surface area contributed by atoms with Crippen molar-refractivity contribution in [3.63, 3.8) is 0 Å². The SMILES string of the molecule is CCCCCC(O)C(C)(O)CC. The first-order valence-electron chi connectivity index (χ1n) is 4.95. The molecule has 0 aromatic rings. The van der Waals surface area contributed by atoms with Gasteiger partial charge in [-0.3, -0.25) is 0 Å². The lowest BCUT2D eigenvalue weighted by molar-refractivity contribution is -0.0677. The third-order valence-electron chi connectivity index (χ3n) is 2.51. The quantitative estimate of drug-likeness (QED) is 0.605. The Kier molecular flexibility index (Phi) is 5.51. The van der Waals surface area contributed by atoms with Gasteiger partial charge in [0, 0.05) is 0 Å². The molecule has 2 unspecified atom stereocenters. The van der Waals surface area contributed by atoms with Crippen LogP contribution in [0, 0.1) is 0 Å². The third-order valence-corrected chi connectivity index (χ3v) is 2.51. The third kappa shape index (κ3) is 4.07. The predicted molar refractivity (Wildman–Crippen MR) is 51.1 cm³/mol. The zero-order valence-corrected chi connectivity index (χ0v) is 8.51. The van der Waals surface area contributed by atoms with Gasteiger partial charge in [-0.25, -0.2) is 0 Å². The summed E-state index contributed by atoms with van der Waals surface area (Å²) in [4.78, 5) is 0. The van der Waals surface area contributed by atoms with Crippen molar-refractivity contribution < 1.29 is 10.2 Å². The average Bonchev–Trinajstić information content (AvgIpc) is 2.05. The van der Waals surface area contributed by atoms with Crippen LogP contribution in [0.3, 0.4) is 0 Å². The first kappa shape index (κ1) is 11.9. The van der Waals surface area contributed by atoms with Gasteiger partial charge >= 0.3 is 0 Å². The van der Waals surface area contributed by atoms with Crippen LogP contribution >= 0.6 is 0 Å². The zero-order valence-electron chi connectivity index (χ0n) is 8.51. The molecule has 2 nitrogen and oxygen atoms in total. The Morgan fingerprint density at radius 2 is 1.83 bits per heavy atom. The van der Waals surface area contributed by atoms with E-state index >= 15 is 0 Å². The van der Waals surface area contributed by atoms with Crippen molar-refractivity contribution in [2.24, 2.45) is 0 Å². The minimum Gasteiger partial charge on any atom is -0.390 e. The minimum absolute atomic E-state index is 0.561. The summed E-state index contributed by atoms with van der Waals surface area (Å²) in [7, 11) is 0. The van der Waals surface area contributed by atoms with E-state index in [1.54, 1.807) is 6.92 Å². The maximum absolute atomic E-state index is 9.64. The predicted octanol–water partition coefficient (Wildman–Crippen LogP) is 2.09. The second-order valence-corrected chi connectivity index (χ2v) is 3.72. The van der Waals surface area contributed by atoms with E-state index in [9.17, 15) is 10.2 Å². The molecule has 0 saturated heterocycles. The Hall–Kier alpha value is -0.0800. The first-order chi connectivity index (χ1) is 5.54. The number of aliphatic hydroxyl groups excluding tert-OH is 1. The van der Waals surface area contributed by atoms with Crippen molar-refractivity contribution in [1.82, 2.24) is 0 Å². The summed E-state index contributed by atoms with van der Waals surface area (Å²) < 4.78 is 0. The molecule has 0 fully saturated rings. The highest BCUT2D eigenvalue weighted by Gasteiger charge is 2.27. The van der Waals surface area contributed by atoms with Crippen LogP contribution in [-0.4, -0.2) is 21.9 Å². The van der Waals surface area contributed by atoms with Crippen LogP contribution in [0.1, 0.15) is 52.9 Å². The molecule has 0 heterocycles. The molecule has 0 saturated carbocycles. The Morgan fingerprint density at radius 1 is 1.25 bits per heavy atom. The summed E-state index contributed by atoms with van der Waals surface area (Å²) in [6.45, 7) is 5.72. The summed E-state index contributed by atoms with van der Waals surface area (Å²) in [5.41, 5.74) is -0.895. The first-order valence-corrected chi connectivity index (χ1v) is 4.95. The van der Waals surface area contributed by atoms with Gasteiger partial charge in [0.2, 0.25) is 0 Å². The summed E-state index contributed by atoms with van der Waals surface area (Å²) >= 11 is 0. The highest BCUT2D eigenvalue weighted by atomic mass is 16.3. The van der Waals surface area contributed by atoms with E-state index in [1.807, 2.05) is 6.92 Å². The van der Waals surface area contributed by atoms with Crippen LogP contribution in [0.15, 0.2) is 0 Å². The second kappa shape index (κ2) is 5.55. The molecule has 0 aromatic heterocycles. The van der Waals surface area contributed by atoms with Crippen molar-refractivity contribution in [2.75, 3.05) is 0 Å². The minimum atomic E-state index is -0.895. The normalized spacial score (nSPS) is 18.8. The van der Waals surface area contributed by atoms with Gasteiger partial charge in [-0.05, 0) is 19.8 Å². The summed E-state index contributed by atoms with van der Waals surface area (Å²) in [5, 5.41) is 19.2. The standard InChI is InChI=1S/C10H22O2/c1-4-6-7-8-9(11)10(3,12)5-2/h9,11-12H,4-8H2,1-3H3. The van der Waals surface area contributed by atoms with Crippen LogP contribution in [0.2, 0.25) is 0 Å². The lowest BCUT2D eigenvalue weighted by Crippen LogP contribution is -2.38. The number of aliphatic hydroxyl groups is 2. The van der Waals surface area contributed by atoms with Gasteiger partial charge in [0.25, 0.3) is 0 Å². The number of unbranched alkanes of at least 4 members (excludes halogenated alkanes) is 2. The molecule has 2 heteroatoms. The molecule has 0 aliphatic carbocycles. The van der Waals surface area contributed by atoms with Crippen LogP contribution in [0.5, 0.6) is 0 Å². The Labute approximate surface area is 75.6 Å². The molecule has 0 rings (SSSR count). The molecule has 2 atom stereocenters. The molecule has 0 bridgehead atoms. The summed E-state index contributed by atoms with van der Waals surface area (Å²) in [6.07, 6.45) is 4.06. The molecule has 0 radical (unpaired) electrons. The van der Waals surface area contributed by atoms with E-state index in [2.05, 4.69) is 6.92 Å². The number of hydrogen-bond acceptors (Lipinski definition) is 2. The molecule has 2 N–H and O–H groups in total. The fraction of sp³-hybridized carbons (Fsp3) is 1.00. The van der Waals surface area contributed by atoms with Crippen LogP contribution in [0.25, 0.3) is 0 Å². The van der Waals surface area contributed by atoms with Crippen LogP contribution < -0.4 is 0 Å². The van der Waals surface area contributed by atoms with Gasteiger partial charge in [-0.1, -0.05) is 33.1 Å². The smallest absolute Gasteiger partial charge is 0.0874 e. The van der Waals surface area contributed by atoms with Gasteiger partial charge in [0.15, 0.2) is 0 Å². The van der Waals surface area contributed by atoms with Gasteiger partial charge in [0.05, 0.1) is 11.7 Å². The number of rotatable bonds is 6. The fourth-order valence-corrected chi connectivity index (χ4v) is 1.13. The molecule has 12 heavy (non-hydrogen) atoms. The largest absolute Gasteiger partial charge is 0.390 e. The van der Waals surface area contributed by atoms with E-state index in [0.717, 1.165) is 19.3 Å². The van der Waals surface area contributed by atoms with Gasteiger partial charge in [0.1, 0.15) is 0 Å². The Balaban J connectivity index is 3.63. The number of hydrogen-bond donors (Lipinski definition) is 2. The molecule has 0 amide bonds. The summed E-state index contributed by atoms with van der Waals surface area (Å²) in [6, 6.07) is 0. The van der Waals surface area contributed by atoms with Crippen molar-refractivity contribution in [3.8, 4) is 0 Å². The molecule has 0 spiro atoms. The molecular formula is C10H22O2. The van der Waals surface area contributed by atoms with Gasteiger partial charge in [-0.2, -0.15) is 0 Å². The lowest BCUT2D eigenvalue weighted by atomic mass is 9.92. The van der Waals surface area contributed by atoms with E-state index in [0.29, 0.717) is 12.8 Å². The van der Waals surface area contributed by atoms with Crippen molar-refractivity contribution in [1.29, 1.82) is 0 Å². The maximum Gasteiger partial charge on any atom is 0.0874 e. The van der Waals surface area contributed by atoms with E-state index in [-0.39, 0.29) is 0 Å². The monoisotopic (exact) mass is 174 g/mol. The molecule has 0 aliphatic rings. The van der Waals surface area contributed by atoms with Crippen LogP contribution in [-0.2, 0) is 0 Å². The summed E-state index contributed by atoms with van der Waals surface area (Å²) in [5.74, 6) is 0. The fourth-order valence-electron chi connectivity index (χ4n) is 1.13. The Morgan fingerprint density at radius 3 is 2.25 bits per heavy atom. The molecule has 74 valence electrons. The van der Waals surface area contributed by atoms with E-state index in [4.69, 9.17) is 0 Å². The topological polar surface area (TPSA) is 40.5 Å². The highest BCUT2D eigenvalue weighted by molar-refractivity contribution is 4.79. The van der Waals surface area contributed by atoms with Gasteiger partial charge in [-0.15, -0.1) is 0 Å². The Bertz CT molecular complexity index is 110. The molecule has 0 aliphatic heterocycles. The van der Waals surface area contributed by atoms with E-state index < -0.39 is 11.7 Å². The van der Waals surface area contributed by atoms with Crippen LogP contribution in [0.4, 0.5) is 0 Å². The lowest BCUT2D eigenvalue weighted by Gasteiger charge is -2.27.